The predicted molar refractivity (Wildman–Crippen MR) is 79.9 cm³/mol. The molecule has 0 bridgehead atoms. The number of anilines is 2. The van der Waals surface area contributed by atoms with Gasteiger partial charge in [0.1, 0.15) is 5.82 Å². The van der Waals surface area contributed by atoms with Gasteiger partial charge in [-0.1, -0.05) is 0 Å². The van der Waals surface area contributed by atoms with Crippen LogP contribution in [0.2, 0.25) is 0 Å². The fraction of sp³-hybridized carbons (Fsp3) is 0.429. The van der Waals surface area contributed by atoms with Gasteiger partial charge >= 0.3 is 0 Å². The molecule has 0 aliphatic carbocycles. The zero-order valence-corrected chi connectivity index (χ0v) is 11.9. The lowest BCUT2D eigenvalue weighted by molar-refractivity contribution is 0.936. The number of nitrogens with zero attached hydrogens (tertiary/aromatic N) is 3. The minimum atomic E-state index is 0.759. The van der Waals surface area contributed by atoms with E-state index in [9.17, 15) is 0 Å². The molecule has 0 aromatic carbocycles. The number of pyridine rings is 1. The second kappa shape index (κ2) is 5.57. The number of aromatic nitrogens is 2. The van der Waals surface area contributed by atoms with Gasteiger partial charge in [0.15, 0.2) is 0 Å². The Balaban J connectivity index is 1.59. The van der Waals surface area contributed by atoms with E-state index < -0.39 is 0 Å². The van der Waals surface area contributed by atoms with Crippen molar-refractivity contribution in [1.82, 2.24) is 9.97 Å². The van der Waals surface area contributed by atoms with Gasteiger partial charge in [-0.05, 0) is 31.9 Å². The van der Waals surface area contributed by atoms with Crippen molar-refractivity contribution in [2.45, 2.75) is 26.3 Å². The Kier molecular flexibility index (Phi) is 3.64. The lowest BCUT2D eigenvalue weighted by Crippen LogP contribution is -2.18. The van der Waals surface area contributed by atoms with Crippen LogP contribution in [0.3, 0.4) is 0 Å². The normalized spacial score (nSPS) is 14.9. The minimum Gasteiger partial charge on any atom is -0.378 e. The molecule has 4 nitrogen and oxygen atoms in total. The van der Waals surface area contributed by atoms with Gasteiger partial charge in [0.2, 0.25) is 0 Å². The minimum absolute atomic E-state index is 0.759. The van der Waals surface area contributed by atoms with Crippen molar-refractivity contribution in [3.05, 3.63) is 34.4 Å². The maximum atomic E-state index is 4.52. The van der Waals surface area contributed by atoms with Gasteiger partial charge in [-0.15, -0.1) is 11.3 Å². The number of hydrogen-bond donors (Lipinski definition) is 1. The van der Waals surface area contributed by atoms with Gasteiger partial charge in [-0.25, -0.2) is 9.97 Å². The van der Waals surface area contributed by atoms with Crippen LogP contribution < -0.4 is 10.2 Å². The van der Waals surface area contributed by atoms with Gasteiger partial charge in [0.05, 0.1) is 29.1 Å². The average molecular weight is 274 g/mol. The average Bonchev–Trinajstić information content (AvgIpc) is 3.08. The fourth-order valence-corrected chi connectivity index (χ4v) is 2.92. The number of nitrogens with one attached hydrogen (secondary N) is 1. The number of thiazole rings is 1. The molecule has 1 N–H and O–H groups in total. The Bertz CT molecular complexity index is 529. The fourth-order valence-electron chi connectivity index (χ4n) is 2.31. The zero-order chi connectivity index (χ0) is 13.1. The Morgan fingerprint density at radius 1 is 1.32 bits per heavy atom. The largest absolute Gasteiger partial charge is 0.378 e. The van der Waals surface area contributed by atoms with Crippen molar-refractivity contribution >= 4 is 22.8 Å². The molecule has 0 spiro atoms. The third kappa shape index (κ3) is 3.04. The van der Waals surface area contributed by atoms with E-state index in [0.717, 1.165) is 41.8 Å². The monoisotopic (exact) mass is 274 g/mol. The SMILES string of the molecule is Cc1nc(CNc2ccc(N3CCCC3)nc2)cs1. The number of hydrogen-bond acceptors (Lipinski definition) is 5. The molecule has 1 saturated heterocycles. The van der Waals surface area contributed by atoms with E-state index >= 15 is 0 Å². The van der Waals surface area contributed by atoms with Crippen molar-refractivity contribution in [3.63, 3.8) is 0 Å². The van der Waals surface area contributed by atoms with Crippen molar-refractivity contribution in [2.24, 2.45) is 0 Å². The predicted octanol–water partition coefficient (Wildman–Crippen LogP) is 3.06. The molecule has 1 aliphatic heterocycles. The molecule has 0 unspecified atom stereocenters. The highest BCUT2D eigenvalue weighted by Crippen LogP contribution is 2.19. The van der Waals surface area contributed by atoms with Crippen LogP contribution in [-0.2, 0) is 6.54 Å². The summed E-state index contributed by atoms with van der Waals surface area (Å²) >= 11 is 1.69. The van der Waals surface area contributed by atoms with Crippen LogP contribution in [0.4, 0.5) is 11.5 Å². The van der Waals surface area contributed by atoms with Crippen LogP contribution in [0.25, 0.3) is 0 Å². The second-order valence-electron chi connectivity index (χ2n) is 4.81. The first-order chi connectivity index (χ1) is 9.31. The first kappa shape index (κ1) is 12.4. The highest BCUT2D eigenvalue weighted by atomic mass is 32.1. The highest BCUT2D eigenvalue weighted by Gasteiger charge is 2.12. The summed E-state index contributed by atoms with van der Waals surface area (Å²) in [6.07, 6.45) is 4.47. The molecule has 0 amide bonds. The molecule has 100 valence electrons. The Morgan fingerprint density at radius 3 is 2.79 bits per heavy atom. The summed E-state index contributed by atoms with van der Waals surface area (Å²) in [7, 11) is 0. The third-order valence-electron chi connectivity index (χ3n) is 3.32. The molecular weight excluding hydrogens is 256 g/mol. The molecule has 0 saturated carbocycles. The molecule has 0 atom stereocenters. The number of aryl methyl sites for hydroxylation is 1. The van der Waals surface area contributed by atoms with E-state index in [0.29, 0.717) is 0 Å². The summed E-state index contributed by atoms with van der Waals surface area (Å²) in [5.74, 6) is 1.09. The number of rotatable bonds is 4. The van der Waals surface area contributed by atoms with Crippen molar-refractivity contribution < 1.29 is 0 Å². The van der Waals surface area contributed by atoms with Gasteiger partial charge < -0.3 is 10.2 Å². The van der Waals surface area contributed by atoms with Crippen LogP contribution in [-0.4, -0.2) is 23.1 Å². The molecule has 1 aliphatic rings. The lowest BCUT2D eigenvalue weighted by Gasteiger charge is -2.16. The first-order valence-corrected chi connectivity index (χ1v) is 7.55. The molecule has 2 aromatic heterocycles. The standard InChI is InChI=1S/C14H18N4S/c1-11-17-13(10-19-11)9-15-12-4-5-14(16-8-12)18-6-2-3-7-18/h4-5,8,10,15H,2-3,6-7,9H2,1H3. The molecule has 3 heterocycles. The highest BCUT2D eigenvalue weighted by molar-refractivity contribution is 7.09. The van der Waals surface area contributed by atoms with Crippen LogP contribution in [0, 0.1) is 6.92 Å². The summed E-state index contributed by atoms with van der Waals surface area (Å²) in [5.41, 5.74) is 2.14. The van der Waals surface area contributed by atoms with Gasteiger partial charge in [0.25, 0.3) is 0 Å². The molecule has 1 fully saturated rings. The summed E-state index contributed by atoms with van der Waals surface area (Å²) in [6, 6.07) is 4.19. The molecule has 2 aromatic rings. The Hall–Kier alpha value is -1.62. The van der Waals surface area contributed by atoms with E-state index in [1.54, 1.807) is 11.3 Å². The van der Waals surface area contributed by atoms with Crippen molar-refractivity contribution in [3.8, 4) is 0 Å². The van der Waals surface area contributed by atoms with Crippen LogP contribution >= 0.6 is 11.3 Å². The molecular formula is C14H18N4S. The second-order valence-corrected chi connectivity index (χ2v) is 5.87. The van der Waals surface area contributed by atoms with Gasteiger partial charge in [-0.3, -0.25) is 0 Å². The van der Waals surface area contributed by atoms with E-state index in [1.807, 2.05) is 13.1 Å². The van der Waals surface area contributed by atoms with Crippen LogP contribution in [0.1, 0.15) is 23.5 Å². The Morgan fingerprint density at radius 2 is 2.16 bits per heavy atom. The zero-order valence-electron chi connectivity index (χ0n) is 11.1. The smallest absolute Gasteiger partial charge is 0.128 e. The van der Waals surface area contributed by atoms with Gasteiger partial charge in [-0.2, -0.15) is 0 Å². The van der Waals surface area contributed by atoms with Crippen LogP contribution in [0.5, 0.6) is 0 Å². The summed E-state index contributed by atoms with van der Waals surface area (Å²) in [5, 5.41) is 6.56. The Labute approximate surface area is 117 Å². The maximum absolute atomic E-state index is 4.52. The van der Waals surface area contributed by atoms with E-state index in [1.165, 1.54) is 12.8 Å². The summed E-state index contributed by atoms with van der Waals surface area (Å²) in [6.45, 7) is 5.06. The third-order valence-corrected chi connectivity index (χ3v) is 4.14. The molecule has 19 heavy (non-hydrogen) atoms. The van der Waals surface area contributed by atoms with Gasteiger partial charge in [0, 0.05) is 18.5 Å². The van der Waals surface area contributed by atoms with Crippen molar-refractivity contribution in [1.29, 1.82) is 0 Å². The first-order valence-electron chi connectivity index (χ1n) is 6.67. The van der Waals surface area contributed by atoms with Crippen molar-refractivity contribution in [2.75, 3.05) is 23.3 Å². The summed E-state index contributed by atoms with van der Waals surface area (Å²) < 4.78 is 0. The maximum Gasteiger partial charge on any atom is 0.128 e. The summed E-state index contributed by atoms with van der Waals surface area (Å²) in [4.78, 5) is 11.3. The topological polar surface area (TPSA) is 41.1 Å². The van der Waals surface area contributed by atoms with E-state index in [2.05, 4.69) is 37.7 Å². The molecule has 3 rings (SSSR count). The van der Waals surface area contributed by atoms with Crippen LogP contribution in [0.15, 0.2) is 23.7 Å². The lowest BCUT2D eigenvalue weighted by atomic mass is 10.3. The van der Waals surface area contributed by atoms with E-state index in [-0.39, 0.29) is 0 Å². The quantitative estimate of drug-likeness (QED) is 0.930. The van der Waals surface area contributed by atoms with E-state index in [4.69, 9.17) is 0 Å². The molecule has 0 radical (unpaired) electrons. The molecule has 5 heteroatoms.